The Morgan fingerprint density at radius 3 is 1.93 bits per heavy atom. The van der Waals surface area contributed by atoms with Gasteiger partial charge in [-0.1, -0.05) is 102 Å². The van der Waals surface area contributed by atoms with Crippen molar-refractivity contribution in [1.82, 2.24) is 20.9 Å². The van der Waals surface area contributed by atoms with E-state index in [1.807, 2.05) is 91.0 Å². The average molecular weight is 835 g/mol. The fourth-order valence-corrected chi connectivity index (χ4v) is 6.01. The molecule has 16 nitrogen and oxygen atoms in total. The second-order valence-corrected chi connectivity index (χ2v) is 14.1. The van der Waals surface area contributed by atoms with Gasteiger partial charge in [0.15, 0.2) is 0 Å². The zero-order valence-electron chi connectivity index (χ0n) is 34.2. The molecule has 16 heteroatoms. The maximum atomic E-state index is 13.3. The summed E-state index contributed by atoms with van der Waals surface area (Å²) in [7, 11) is 0. The van der Waals surface area contributed by atoms with Gasteiger partial charge in [0.05, 0.1) is 12.8 Å². The molecule has 61 heavy (non-hydrogen) atoms. The minimum atomic E-state index is -1.18. The van der Waals surface area contributed by atoms with Crippen molar-refractivity contribution in [2.45, 2.75) is 70.8 Å². The highest BCUT2D eigenvalue weighted by Gasteiger charge is 2.24. The summed E-state index contributed by atoms with van der Waals surface area (Å²) in [5.74, 6) is -1.03. The third kappa shape index (κ3) is 18.6. The molecule has 5 N–H and O–H groups in total. The summed E-state index contributed by atoms with van der Waals surface area (Å²) >= 11 is 0. The number of amides is 5. The molecule has 0 aliphatic rings. The molecule has 0 bridgehead atoms. The summed E-state index contributed by atoms with van der Waals surface area (Å²) < 4.78 is 17.6. The smallest absolute Gasteiger partial charge is 0.410 e. The molecule has 0 aromatic heterocycles. The number of hydrogen-bond donors (Lipinski definition) is 4. The second-order valence-electron chi connectivity index (χ2n) is 14.1. The largest absolute Gasteiger partial charge is 0.489 e. The van der Waals surface area contributed by atoms with Gasteiger partial charge in [0.1, 0.15) is 37.4 Å². The van der Waals surface area contributed by atoms with Gasteiger partial charge in [0.25, 0.3) is 0 Å². The number of nitrogens with one attached hydrogen (secondary N) is 3. The van der Waals surface area contributed by atoms with E-state index in [1.165, 1.54) is 4.90 Å². The van der Waals surface area contributed by atoms with Gasteiger partial charge in [-0.15, -0.1) is 0 Å². The van der Waals surface area contributed by atoms with Gasteiger partial charge in [-0.2, -0.15) is 0 Å². The molecule has 1 atom stereocenters. The summed E-state index contributed by atoms with van der Waals surface area (Å²) in [4.78, 5) is 67.8. The molecule has 322 valence electrons. The maximum absolute atomic E-state index is 13.3. The minimum absolute atomic E-state index is 0.0570. The SMILES string of the molecule is [N-]=[N+]=NCCCN(CCC(=O)NCCCCCNC(=O)[C@H](CC(N)=O)NC(=O)Cc1ccc(OCc2ccccc2)cc1OCc1ccccc1)C(=O)OCc1ccccc1. The van der Waals surface area contributed by atoms with Crippen molar-refractivity contribution < 1.29 is 38.2 Å². The number of carbonyl (C=O) groups excluding carboxylic acids is 5. The predicted octanol–water partition coefficient (Wildman–Crippen LogP) is 5.88. The van der Waals surface area contributed by atoms with Crippen LogP contribution in [-0.2, 0) is 50.2 Å². The first-order valence-corrected chi connectivity index (χ1v) is 20.2. The van der Waals surface area contributed by atoms with Crippen LogP contribution in [0.15, 0.2) is 114 Å². The van der Waals surface area contributed by atoms with Crippen molar-refractivity contribution in [3.8, 4) is 11.5 Å². The summed E-state index contributed by atoms with van der Waals surface area (Å²) in [5, 5.41) is 11.8. The van der Waals surface area contributed by atoms with E-state index in [0.29, 0.717) is 55.9 Å². The Labute approximate surface area is 355 Å². The minimum Gasteiger partial charge on any atom is -0.489 e. The Bertz CT molecular complexity index is 2030. The fraction of sp³-hybridized carbons (Fsp3) is 0.356. The molecule has 0 heterocycles. The Kier molecular flexibility index (Phi) is 20.5. The molecule has 0 radical (unpaired) electrons. The molecule has 4 rings (SSSR count). The number of carbonyl (C=O) groups is 5. The maximum Gasteiger partial charge on any atom is 0.410 e. The molecule has 0 unspecified atom stereocenters. The Morgan fingerprint density at radius 2 is 1.31 bits per heavy atom. The van der Waals surface area contributed by atoms with Gasteiger partial charge in [-0.3, -0.25) is 19.2 Å². The molecular weight excluding hydrogens is 781 g/mol. The van der Waals surface area contributed by atoms with Gasteiger partial charge in [-0.05, 0) is 54.0 Å². The summed E-state index contributed by atoms with van der Waals surface area (Å²) in [6, 6.07) is 32.6. The number of nitrogens with two attached hydrogens (primary N) is 1. The zero-order valence-corrected chi connectivity index (χ0v) is 34.2. The lowest BCUT2D eigenvalue weighted by Gasteiger charge is -2.21. The number of azide groups is 1. The van der Waals surface area contributed by atoms with Crippen molar-refractivity contribution in [1.29, 1.82) is 0 Å². The first-order chi connectivity index (χ1) is 29.7. The molecule has 0 fully saturated rings. The van der Waals surface area contributed by atoms with Crippen molar-refractivity contribution in [3.05, 3.63) is 142 Å². The summed E-state index contributed by atoms with van der Waals surface area (Å²) in [6.07, 6.45) is 1.27. The topological polar surface area (TPSA) is 227 Å². The molecule has 0 aliphatic heterocycles. The standard InChI is InChI=1S/C45H54N8O8/c46-41(54)30-39(51-43(56)28-37-20-21-38(59-31-34-14-5-1-6-15-34)29-40(37)60-32-35-16-7-2-8-17-35)44(57)49-24-12-4-11-23-48-42(55)22-27-53(26-13-25-50-52-47)45(58)61-33-36-18-9-3-10-19-36/h1-3,5-10,14-21,29,39H,4,11-13,22-28,30-33H2,(H2,46,54)(H,48,55)(H,49,57)(H,51,56)/t39-/m0/s1. The van der Waals surface area contributed by atoms with Gasteiger partial charge in [0, 0.05) is 55.7 Å². The van der Waals surface area contributed by atoms with E-state index >= 15 is 0 Å². The van der Waals surface area contributed by atoms with Crippen LogP contribution >= 0.6 is 0 Å². The number of nitrogens with zero attached hydrogens (tertiary/aromatic N) is 4. The van der Waals surface area contributed by atoms with Crippen LogP contribution in [-0.4, -0.2) is 73.4 Å². The number of hydrogen-bond acceptors (Lipinski definition) is 9. The van der Waals surface area contributed by atoms with Gasteiger partial charge in [-0.25, -0.2) is 4.79 Å². The Balaban J connectivity index is 1.19. The van der Waals surface area contributed by atoms with E-state index in [9.17, 15) is 24.0 Å². The van der Waals surface area contributed by atoms with Gasteiger partial charge in [0.2, 0.25) is 23.6 Å². The Morgan fingerprint density at radius 1 is 0.705 bits per heavy atom. The van der Waals surface area contributed by atoms with E-state index in [2.05, 4.69) is 26.0 Å². The molecule has 0 aliphatic carbocycles. The number of ether oxygens (including phenoxy) is 3. The van der Waals surface area contributed by atoms with Crippen molar-refractivity contribution in [2.75, 3.05) is 32.7 Å². The number of rotatable bonds is 27. The van der Waals surface area contributed by atoms with Crippen LogP contribution in [0.3, 0.4) is 0 Å². The van der Waals surface area contributed by atoms with E-state index in [4.69, 9.17) is 25.5 Å². The summed E-state index contributed by atoms with van der Waals surface area (Å²) in [5.41, 5.74) is 17.3. The molecular formula is C45H54N8O8. The van der Waals surface area contributed by atoms with Crippen LogP contribution in [0.25, 0.3) is 10.4 Å². The van der Waals surface area contributed by atoms with Crippen LogP contribution < -0.4 is 31.2 Å². The average Bonchev–Trinajstić information content (AvgIpc) is 3.27. The lowest BCUT2D eigenvalue weighted by atomic mass is 10.1. The lowest BCUT2D eigenvalue weighted by Crippen LogP contribution is -2.49. The van der Waals surface area contributed by atoms with Crippen LogP contribution in [0.5, 0.6) is 11.5 Å². The van der Waals surface area contributed by atoms with E-state index in [1.54, 1.807) is 18.2 Å². The molecule has 4 aromatic carbocycles. The van der Waals surface area contributed by atoms with Crippen LogP contribution in [0.1, 0.15) is 60.8 Å². The third-order valence-electron chi connectivity index (χ3n) is 9.23. The normalized spacial score (nSPS) is 11.0. The van der Waals surface area contributed by atoms with E-state index in [0.717, 1.165) is 16.7 Å². The molecule has 0 saturated heterocycles. The second kappa shape index (κ2) is 26.8. The fourth-order valence-electron chi connectivity index (χ4n) is 6.01. The monoisotopic (exact) mass is 834 g/mol. The van der Waals surface area contributed by atoms with E-state index in [-0.39, 0.29) is 64.6 Å². The van der Waals surface area contributed by atoms with Gasteiger partial charge >= 0.3 is 6.09 Å². The van der Waals surface area contributed by atoms with Crippen LogP contribution in [0, 0.1) is 0 Å². The zero-order chi connectivity index (χ0) is 43.5. The highest BCUT2D eigenvalue weighted by atomic mass is 16.6. The quantitative estimate of drug-likeness (QED) is 0.0245. The highest BCUT2D eigenvalue weighted by Crippen LogP contribution is 2.27. The van der Waals surface area contributed by atoms with Crippen molar-refractivity contribution >= 4 is 29.7 Å². The lowest BCUT2D eigenvalue weighted by molar-refractivity contribution is -0.131. The van der Waals surface area contributed by atoms with Crippen molar-refractivity contribution in [2.24, 2.45) is 10.8 Å². The summed E-state index contributed by atoms with van der Waals surface area (Å²) in [6.45, 7) is 1.96. The predicted molar refractivity (Wildman–Crippen MR) is 229 cm³/mol. The van der Waals surface area contributed by atoms with E-state index < -0.39 is 29.9 Å². The van der Waals surface area contributed by atoms with Gasteiger partial charge < -0.3 is 40.8 Å². The highest BCUT2D eigenvalue weighted by molar-refractivity contribution is 5.92. The number of unbranched alkanes of at least 4 members (excludes halogenated alkanes) is 2. The molecule has 0 spiro atoms. The Hall–Kier alpha value is -7.06. The third-order valence-corrected chi connectivity index (χ3v) is 9.23. The molecule has 4 aromatic rings. The van der Waals surface area contributed by atoms with Crippen molar-refractivity contribution in [3.63, 3.8) is 0 Å². The number of benzene rings is 4. The number of primary amides is 1. The van der Waals surface area contributed by atoms with Crippen LogP contribution in [0.4, 0.5) is 4.79 Å². The molecule has 5 amide bonds. The first-order valence-electron chi connectivity index (χ1n) is 20.2. The first kappa shape index (κ1) is 46.6. The van der Waals surface area contributed by atoms with Crippen LogP contribution in [0.2, 0.25) is 0 Å². The molecule has 0 saturated carbocycles.